The Balaban J connectivity index is 0. The van der Waals surface area contributed by atoms with Crippen molar-refractivity contribution < 1.29 is 28.5 Å². The molecule has 0 rings (SSSR count). The minimum Gasteiger partial charge on any atom is -1.00 e. The molecule has 1 nitrogen and oxygen atoms in total. The number of hydrogen-bond donors (Lipinski definition) is 0. The molecule has 16 heavy (non-hydrogen) atoms. The van der Waals surface area contributed by atoms with Gasteiger partial charge in [-0.3, -0.25) is 0 Å². The first-order valence-corrected chi connectivity index (χ1v) is 7.62. The molecule has 0 heterocycles. The van der Waals surface area contributed by atoms with Crippen LogP contribution in [0.25, 0.3) is 0 Å². The minimum absolute atomic E-state index is 0. The Morgan fingerprint density at radius 3 is 1.81 bits per heavy atom. The standard InChI is InChI=1S/C13H29BrN.HI/c1-4-5-6-7-9-12-15(2,3)13-10-8-11-14;/h4-13H2,1-3H3;1H/q+1;/p-1. The third kappa shape index (κ3) is 13.2. The first kappa shape index (κ1) is 19.5. The molecule has 0 saturated carbocycles. The zero-order valence-electron chi connectivity index (χ0n) is 11.3. The SMILES string of the molecule is CCCCCCC[N+](C)(C)CCCCBr.[I-]. The van der Waals surface area contributed by atoms with E-state index in [2.05, 4.69) is 36.9 Å². The first-order chi connectivity index (χ1) is 7.12. The van der Waals surface area contributed by atoms with Gasteiger partial charge in [0.05, 0.1) is 27.2 Å². The van der Waals surface area contributed by atoms with Gasteiger partial charge in [-0.1, -0.05) is 42.1 Å². The average Bonchev–Trinajstić information content (AvgIpc) is 2.17. The molecule has 0 radical (unpaired) electrons. The zero-order chi connectivity index (χ0) is 11.6. The lowest BCUT2D eigenvalue weighted by Gasteiger charge is -2.29. The molecule has 0 aliphatic heterocycles. The van der Waals surface area contributed by atoms with E-state index in [-0.39, 0.29) is 24.0 Å². The van der Waals surface area contributed by atoms with Crippen LogP contribution in [0.4, 0.5) is 0 Å². The van der Waals surface area contributed by atoms with Gasteiger partial charge >= 0.3 is 0 Å². The predicted octanol–water partition coefficient (Wildman–Crippen LogP) is 1.21. The summed E-state index contributed by atoms with van der Waals surface area (Å²) in [6.07, 6.45) is 9.69. The van der Waals surface area contributed by atoms with E-state index in [9.17, 15) is 0 Å². The van der Waals surface area contributed by atoms with E-state index < -0.39 is 0 Å². The summed E-state index contributed by atoms with van der Waals surface area (Å²) in [4.78, 5) is 0. The molecule has 0 N–H and O–H groups in total. The molecule has 0 amide bonds. The normalized spacial score (nSPS) is 11.2. The first-order valence-electron chi connectivity index (χ1n) is 6.50. The topological polar surface area (TPSA) is 0 Å². The lowest BCUT2D eigenvalue weighted by molar-refractivity contribution is -0.890. The molecule has 0 aromatic heterocycles. The molecule has 0 bridgehead atoms. The van der Waals surface area contributed by atoms with Crippen molar-refractivity contribution in [3.63, 3.8) is 0 Å². The maximum atomic E-state index is 3.49. The number of nitrogens with zero attached hydrogens (tertiary/aromatic N) is 1. The van der Waals surface area contributed by atoms with Gasteiger partial charge in [0, 0.05) is 5.33 Å². The van der Waals surface area contributed by atoms with Gasteiger partial charge in [0.2, 0.25) is 0 Å². The van der Waals surface area contributed by atoms with Gasteiger partial charge in [0.25, 0.3) is 0 Å². The lowest BCUT2D eigenvalue weighted by Crippen LogP contribution is -3.00. The van der Waals surface area contributed by atoms with Crippen molar-refractivity contribution in [3.05, 3.63) is 0 Å². The van der Waals surface area contributed by atoms with Crippen molar-refractivity contribution >= 4 is 15.9 Å². The van der Waals surface area contributed by atoms with Gasteiger partial charge in [-0.05, 0) is 25.7 Å². The van der Waals surface area contributed by atoms with Gasteiger partial charge in [-0.2, -0.15) is 0 Å². The number of unbranched alkanes of at least 4 members (excludes halogenated alkanes) is 5. The highest BCUT2D eigenvalue weighted by molar-refractivity contribution is 9.09. The van der Waals surface area contributed by atoms with Crippen molar-refractivity contribution in [1.82, 2.24) is 0 Å². The zero-order valence-corrected chi connectivity index (χ0v) is 15.0. The van der Waals surface area contributed by atoms with E-state index in [4.69, 9.17) is 0 Å². The van der Waals surface area contributed by atoms with E-state index >= 15 is 0 Å². The highest BCUT2D eigenvalue weighted by Crippen LogP contribution is 2.08. The summed E-state index contributed by atoms with van der Waals surface area (Å²) in [5, 5.41) is 1.16. The Kier molecular flexibility index (Phi) is 15.4. The molecule has 0 saturated heterocycles. The molecule has 0 aliphatic rings. The molecule has 0 aliphatic carbocycles. The van der Waals surface area contributed by atoms with Gasteiger partial charge in [-0.25, -0.2) is 0 Å². The van der Waals surface area contributed by atoms with Crippen LogP contribution in [-0.4, -0.2) is 37.0 Å². The summed E-state index contributed by atoms with van der Waals surface area (Å²) >= 11 is 3.49. The molecule has 0 fully saturated rings. The van der Waals surface area contributed by atoms with Gasteiger partial charge in [0.1, 0.15) is 0 Å². The van der Waals surface area contributed by atoms with Crippen molar-refractivity contribution in [2.75, 3.05) is 32.5 Å². The maximum Gasteiger partial charge on any atom is 0.0782 e. The van der Waals surface area contributed by atoms with Crippen LogP contribution in [-0.2, 0) is 0 Å². The van der Waals surface area contributed by atoms with Crippen molar-refractivity contribution in [3.8, 4) is 0 Å². The Labute approximate surface area is 128 Å². The summed E-state index contributed by atoms with van der Waals surface area (Å²) in [5.74, 6) is 0. The number of quaternary nitrogens is 1. The van der Waals surface area contributed by atoms with Crippen molar-refractivity contribution in [2.24, 2.45) is 0 Å². The number of rotatable bonds is 10. The van der Waals surface area contributed by atoms with Crippen LogP contribution in [0, 0.1) is 0 Å². The van der Waals surface area contributed by atoms with Crippen LogP contribution in [0.2, 0.25) is 0 Å². The van der Waals surface area contributed by atoms with E-state index in [0.717, 1.165) is 5.33 Å². The van der Waals surface area contributed by atoms with Gasteiger partial charge in [-0.15, -0.1) is 0 Å². The van der Waals surface area contributed by atoms with Crippen LogP contribution in [0.3, 0.4) is 0 Å². The summed E-state index contributed by atoms with van der Waals surface area (Å²) in [6, 6.07) is 0. The van der Waals surface area contributed by atoms with Crippen LogP contribution < -0.4 is 24.0 Å². The largest absolute Gasteiger partial charge is 1.00 e. The molecular weight excluding hydrogens is 377 g/mol. The van der Waals surface area contributed by atoms with Crippen LogP contribution >= 0.6 is 15.9 Å². The maximum absolute atomic E-state index is 3.49. The molecule has 0 spiro atoms. The third-order valence-corrected chi connectivity index (χ3v) is 3.57. The molecule has 3 heteroatoms. The second-order valence-corrected chi connectivity index (χ2v) is 5.99. The monoisotopic (exact) mass is 405 g/mol. The van der Waals surface area contributed by atoms with Crippen LogP contribution in [0.1, 0.15) is 51.9 Å². The quantitative estimate of drug-likeness (QED) is 0.222. The summed E-state index contributed by atoms with van der Waals surface area (Å²) in [6.45, 7) is 4.96. The van der Waals surface area contributed by atoms with Crippen LogP contribution in [0.5, 0.6) is 0 Å². The molecule has 0 aromatic rings. The Morgan fingerprint density at radius 1 is 0.812 bits per heavy atom. The van der Waals surface area contributed by atoms with E-state index in [1.54, 1.807) is 0 Å². The van der Waals surface area contributed by atoms with Gasteiger partial charge < -0.3 is 28.5 Å². The fourth-order valence-electron chi connectivity index (χ4n) is 1.89. The number of halogens is 2. The number of hydrogen-bond acceptors (Lipinski definition) is 0. The van der Waals surface area contributed by atoms with E-state index in [0.29, 0.717) is 0 Å². The molecular formula is C13H29BrIN. The summed E-state index contributed by atoms with van der Waals surface area (Å²) in [5.41, 5.74) is 0. The predicted molar refractivity (Wildman–Crippen MR) is 73.6 cm³/mol. The second kappa shape index (κ2) is 12.6. The minimum atomic E-state index is 0. The fraction of sp³-hybridized carbons (Fsp3) is 1.00. The highest BCUT2D eigenvalue weighted by atomic mass is 127. The van der Waals surface area contributed by atoms with E-state index in [1.807, 2.05) is 0 Å². The van der Waals surface area contributed by atoms with Crippen molar-refractivity contribution in [2.45, 2.75) is 51.9 Å². The Morgan fingerprint density at radius 2 is 1.31 bits per heavy atom. The van der Waals surface area contributed by atoms with Crippen molar-refractivity contribution in [1.29, 1.82) is 0 Å². The van der Waals surface area contributed by atoms with E-state index in [1.165, 1.54) is 62.5 Å². The van der Waals surface area contributed by atoms with Crippen LogP contribution in [0.15, 0.2) is 0 Å². The van der Waals surface area contributed by atoms with Gasteiger partial charge in [0.15, 0.2) is 0 Å². The summed E-state index contributed by atoms with van der Waals surface area (Å²) < 4.78 is 1.21. The second-order valence-electron chi connectivity index (χ2n) is 5.19. The molecule has 0 unspecified atom stereocenters. The third-order valence-electron chi connectivity index (χ3n) is 3.01. The lowest BCUT2D eigenvalue weighted by atomic mass is 10.1. The molecule has 0 aromatic carbocycles. The molecule has 0 atom stereocenters. The Hall–Kier alpha value is 1.17. The summed E-state index contributed by atoms with van der Waals surface area (Å²) in [7, 11) is 4.74. The highest BCUT2D eigenvalue weighted by Gasteiger charge is 2.13. The average molecular weight is 406 g/mol. The Bertz CT molecular complexity index is 140. The number of alkyl halides is 1. The fourth-order valence-corrected chi connectivity index (χ4v) is 2.29. The smallest absolute Gasteiger partial charge is 0.0782 e. The molecule has 100 valence electrons.